The van der Waals surface area contributed by atoms with Crippen molar-refractivity contribution in [2.45, 2.75) is 33.7 Å². The molecule has 0 radical (unpaired) electrons. The molecule has 0 bridgehead atoms. The van der Waals surface area contributed by atoms with E-state index in [2.05, 4.69) is 59.8 Å². The number of benzene rings is 1. The van der Waals surface area contributed by atoms with Gasteiger partial charge in [0.2, 0.25) is 0 Å². The first-order valence-electron chi connectivity index (χ1n) is 6.65. The molecule has 3 heteroatoms. The fourth-order valence-electron chi connectivity index (χ4n) is 2.71. The number of anilines is 1. The van der Waals surface area contributed by atoms with Crippen LogP contribution in [0.15, 0.2) is 22.7 Å². The van der Waals surface area contributed by atoms with Crippen molar-refractivity contribution in [3.05, 3.63) is 28.2 Å². The van der Waals surface area contributed by atoms with E-state index in [0.717, 1.165) is 23.5 Å². The Hall–Kier alpha value is -0.540. The van der Waals surface area contributed by atoms with Crippen LogP contribution in [0.2, 0.25) is 0 Å². The van der Waals surface area contributed by atoms with Gasteiger partial charge in [0, 0.05) is 29.8 Å². The Morgan fingerprint density at radius 1 is 1.39 bits per heavy atom. The number of hydrogen-bond acceptors (Lipinski definition) is 2. The van der Waals surface area contributed by atoms with E-state index >= 15 is 0 Å². The molecule has 1 aromatic rings. The molecule has 1 heterocycles. The van der Waals surface area contributed by atoms with Gasteiger partial charge in [-0.3, -0.25) is 0 Å². The van der Waals surface area contributed by atoms with Gasteiger partial charge in [0.1, 0.15) is 0 Å². The molecule has 1 unspecified atom stereocenters. The van der Waals surface area contributed by atoms with Crippen LogP contribution in [0.5, 0.6) is 0 Å². The lowest BCUT2D eigenvalue weighted by Gasteiger charge is -2.28. The van der Waals surface area contributed by atoms with Gasteiger partial charge < -0.3 is 10.6 Å². The van der Waals surface area contributed by atoms with Crippen molar-refractivity contribution in [2.24, 2.45) is 17.1 Å². The van der Waals surface area contributed by atoms with Crippen molar-refractivity contribution in [2.75, 3.05) is 18.0 Å². The summed E-state index contributed by atoms with van der Waals surface area (Å²) in [5, 5.41) is 0. The number of nitrogens with zero attached hydrogens (tertiary/aromatic N) is 1. The first kappa shape index (κ1) is 13.9. The van der Waals surface area contributed by atoms with Crippen LogP contribution in [0, 0.1) is 11.3 Å². The van der Waals surface area contributed by atoms with Crippen molar-refractivity contribution < 1.29 is 0 Å². The molecule has 0 spiro atoms. The smallest absolute Gasteiger partial charge is 0.0412 e. The molecule has 0 saturated carbocycles. The zero-order valence-corrected chi connectivity index (χ0v) is 13.1. The van der Waals surface area contributed by atoms with Crippen LogP contribution in [0.3, 0.4) is 0 Å². The van der Waals surface area contributed by atoms with Crippen LogP contribution in [0.25, 0.3) is 0 Å². The highest BCUT2D eigenvalue weighted by Gasteiger charge is 2.32. The standard InChI is InChI=1S/C15H23BrN2/c1-15(2,3)12-6-7-18(10-12)14-5-4-13(16)8-11(14)9-17/h4-5,8,12H,6-7,9-10,17H2,1-3H3. The SMILES string of the molecule is CC(C)(C)C1CCN(c2ccc(Br)cc2CN)C1. The summed E-state index contributed by atoms with van der Waals surface area (Å²) in [7, 11) is 0. The van der Waals surface area contributed by atoms with Crippen LogP contribution in [0.4, 0.5) is 5.69 Å². The van der Waals surface area contributed by atoms with Gasteiger partial charge in [0.05, 0.1) is 0 Å². The lowest BCUT2D eigenvalue weighted by molar-refractivity contribution is 0.263. The summed E-state index contributed by atoms with van der Waals surface area (Å²) >= 11 is 3.52. The molecule has 2 rings (SSSR count). The predicted molar refractivity (Wildman–Crippen MR) is 81.8 cm³/mol. The molecule has 0 aromatic heterocycles. The molecule has 1 atom stereocenters. The highest BCUT2D eigenvalue weighted by molar-refractivity contribution is 9.10. The monoisotopic (exact) mass is 310 g/mol. The number of rotatable bonds is 2. The second kappa shape index (κ2) is 5.22. The van der Waals surface area contributed by atoms with Gasteiger partial charge >= 0.3 is 0 Å². The van der Waals surface area contributed by atoms with E-state index in [9.17, 15) is 0 Å². The van der Waals surface area contributed by atoms with E-state index in [1.807, 2.05) is 0 Å². The van der Waals surface area contributed by atoms with E-state index in [1.54, 1.807) is 0 Å². The lowest BCUT2D eigenvalue weighted by Crippen LogP contribution is -2.26. The Balaban J connectivity index is 2.19. The Bertz CT molecular complexity index is 423. The summed E-state index contributed by atoms with van der Waals surface area (Å²) in [5.74, 6) is 0.770. The third kappa shape index (κ3) is 2.89. The maximum absolute atomic E-state index is 5.86. The molecular weight excluding hydrogens is 288 g/mol. The highest BCUT2D eigenvalue weighted by Crippen LogP contribution is 2.37. The summed E-state index contributed by atoms with van der Waals surface area (Å²) in [4.78, 5) is 2.49. The second-order valence-electron chi connectivity index (χ2n) is 6.27. The lowest BCUT2D eigenvalue weighted by atomic mass is 9.80. The van der Waals surface area contributed by atoms with Crippen LogP contribution in [-0.4, -0.2) is 13.1 Å². The van der Waals surface area contributed by atoms with Crippen molar-refractivity contribution in [1.82, 2.24) is 0 Å². The summed E-state index contributed by atoms with van der Waals surface area (Å²) in [6.07, 6.45) is 1.28. The molecule has 0 aliphatic carbocycles. The van der Waals surface area contributed by atoms with Crippen LogP contribution in [0.1, 0.15) is 32.8 Å². The predicted octanol–water partition coefficient (Wildman–Crippen LogP) is 3.78. The Labute approximate surface area is 119 Å². The molecule has 2 N–H and O–H groups in total. The largest absolute Gasteiger partial charge is 0.371 e. The molecule has 100 valence electrons. The zero-order valence-electron chi connectivity index (χ0n) is 11.5. The summed E-state index contributed by atoms with van der Waals surface area (Å²) in [5.41, 5.74) is 8.80. The molecule has 1 saturated heterocycles. The van der Waals surface area contributed by atoms with Gasteiger partial charge in [-0.15, -0.1) is 0 Å². The molecule has 18 heavy (non-hydrogen) atoms. The van der Waals surface area contributed by atoms with E-state index in [4.69, 9.17) is 5.73 Å². The van der Waals surface area contributed by atoms with Crippen LogP contribution in [-0.2, 0) is 6.54 Å². The average Bonchev–Trinajstić information content (AvgIpc) is 2.77. The Kier molecular flexibility index (Phi) is 4.02. The minimum Gasteiger partial charge on any atom is -0.371 e. The van der Waals surface area contributed by atoms with E-state index in [1.165, 1.54) is 17.7 Å². The minimum atomic E-state index is 0.396. The number of hydrogen-bond donors (Lipinski definition) is 1. The average molecular weight is 311 g/mol. The second-order valence-corrected chi connectivity index (χ2v) is 7.19. The molecule has 1 aromatic carbocycles. The van der Waals surface area contributed by atoms with Gasteiger partial charge in [-0.05, 0) is 41.5 Å². The summed E-state index contributed by atoms with van der Waals surface area (Å²) in [6.45, 7) is 9.92. The van der Waals surface area contributed by atoms with E-state index in [-0.39, 0.29) is 0 Å². The van der Waals surface area contributed by atoms with E-state index in [0.29, 0.717) is 12.0 Å². The van der Waals surface area contributed by atoms with Crippen molar-refractivity contribution in [1.29, 1.82) is 0 Å². The fraction of sp³-hybridized carbons (Fsp3) is 0.600. The quantitative estimate of drug-likeness (QED) is 0.900. The number of halogens is 1. The fourth-order valence-corrected chi connectivity index (χ4v) is 3.12. The summed E-state index contributed by atoms with van der Waals surface area (Å²) < 4.78 is 1.11. The normalized spacial score (nSPS) is 20.5. The maximum atomic E-state index is 5.86. The Morgan fingerprint density at radius 3 is 2.67 bits per heavy atom. The topological polar surface area (TPSA) is 29.3 Å². The molecule has 0 amide bonds. The van der Waals surface area contributed by atoms with Gasteiger partial charge in [-0.1, -0.05) is 36.7 Å². The third-order valence-corrected chi connectivity index (χ3v) is 4.51. The minimum absolute atomic E-state index is 0.396. The molecule has 1 aliphatic heterocycles. The summed E-state index contributed by atoms with van der Waals surface area (Å²) in [6, 6.07) is 6.44. The first-order chi connectivity index (χ1) is 8.41. The first-order valence-corrected chi connectivity index (χ1v) is 7.44. The van der Waals surface area contributed by atoms with Gasteiger partial charge in [0.25, 0.3) is 0 Å². The highest BCUT2D eigenvalue weighted by atomic mass is 79.9. The Morgan fingerprint density at radius 2 is 2.11 bits per heavy atom. The van der Waals surface area contributed by atoms with E-state index < -0.39 is 0 Å². The van der Waals surface area contributed by atoms with Crippen LogP contribution >= 0.6 is 15.9 Å². The van der Waals surface area contributed by atoms with Crippen LogP contribution < -0.4 is 10.6 Å². The molecule has 1 aliphatic rings. The third-order valence-electron chi connectivity index (χ3n) is 4.02. The van der Waals surface area contributed by atoms with Gasteiger partial charge in [0.15, 0.2) is 0 Å². The molecule has 2 nitrogen and oxygen atoms in total. The maximum Gasteiger partial charge on any atom is 0.0412 e. The number of nitrogens with two attached hydrogens (primary N) is 1. The van der Waals surface area contributed by atoms with Crippen molar-refractivity contribution in [3.8, 4) is 0 Å². The van der Waals surface area contributed by atoms with Crippen molar-refractivity contribution >= 4 is 21.6 Å². The zero-order chi connectivity index (χ0) is 13.3. The van der Waals surface area contributed by atoms with Crippen molar-refractivity contribution in [3.63, 3.8) is 0 Å². The van der Waals surface area contributed by atoms with Gasteiger partial charge in [-0.25, -0.2) is 0 Å². The van der Waals surface area contributed by atoms with Gasteiger partial charge in [-0.2, -0.15) is 0 Å². The molecular formula is C15H23BrN2. The molecule has 1 fully saturated rings.